The molecule has 1 aromatic rings. The van der Waals surface area contributed by atoms with Crippen molar-refractivity contribution < 1.29 is 9.53 Å². The first-order valence-corrected chi connectivity index (χ1v) is 6.60. The molecule has 98 valence electrons. The minimum atomic E-state index is -0.392. The molecule has 0 bridgehead atoms. The number of rotatable bonds is 3. The van der Waals surface area contributed by atoms with Gasteiger partial charge in [0.25, 0.3) is 0 Å². The zero-order valence-electron chi connectivity index (χ0n) is 10.5. The van der Waals surface area contributed by atoms with Crippen LogP contribution in [0.3, 0.4) is 0 Å². The number of piperidine rings is 1. The second-order valence-corrected chi connectivity index (χ2v) is 5.48. The summed E-state index contributed by atoms with van der Waals surface area (Å²) < 4.78 is 5.39. The van der Waals surface area contributed by atoms with E-state index in [4.69, 9.17) is 16.3 Å². The van der Waals surface area contributed by atoms with E-state index >= 15 is 0 Å². The zero-order valence-corrected chi connectivity index (χ0v) is 11.3. The van der Waals surface area contributed by atoms with Gasteiger partial charge in [-0.3, -0.25) is 4.79 Å². The Morgan fingerprint density at radius 2 is 2.39 bits per heavy atom. The van der Waals surface area contributed by atoms with Gasteiger partial charge in [0.1, 0.15) is 6.61 Å². The molecule has 1 heterocycles. The number of ether oxygens (including phenoxy) is 1. The van der Waals surface area contributed by atoms with Gasteiger partial charge in [-0.25, -0.2) is 0 Å². The van der Waals surface area contributed by atoms with Crippen LogP contribution in [0.5, 0.6) is 0 Å². The summed E-state index contributed by atoms with van der Waals surface area (Å²) in [5, 5.41) is 3.90. The van der Waals surface area contributed by atoms with Crippen molar-refractivity contribution in [2.24, 2.45) is 5.41 Å². The van der Waals surface area contributed by atoms with Gasteiger partial charge in [-0.2, -0.15) is 0 Å². The second kappa shape index (κ2) is 5.72. The third-order valence-corrected chi connectivity index (χ3v) is 3.58. The van der Waals surface area contributed by atoms with Gasteiger partial charge in [-0.05, 0) is 44.0 Å². The molecule has 18 heavy (non-hydrogen) atoms. The van der Waals surface area contributed by atoms with E-state index in [0.29, 0.717) is 11.6 Å². The number of halogens is 1. The summed E-state index contributed by atoms with van der Waals surface area (Å²) in [6.45, 7) is 3.92. The van der Waals surface area contributed by atoms with Crippen LogP contribution in [0.1, 0.15) is 25.3 Å². The molecular formula is C14H18ClNO2. The summed E-state index contributed by atoms with van der Waals surface area (Å²) in [5.41, 5.74) is 0.528. The summed E-state index contributed by atoms with van der Waals surface area (Å²) in [6.07, 6.45) is 1.90. The smallest absolute Gasteiger partial charge is 0.313 e. The number of esters is 1. The van der Waals surface area contributed by atoms with E-state index in [2.05, 4.69) is 5.32 Å². The fourth-order valence-corrected chi connectivity index (χ4v) is 2.39. The van der Waals surface area contributed by atoms with Gasteiger partial charge in [0.05, 0.1) is 5.41 Å². The van der Waals surface area contributed by atoms with Crippen molar-refractivity contribution in [2.45, 2.75) is 26.4 Å². The Bertz CT molecular complexity index is 428. The predicted octanol–water partition coefficient (Wildman–Crippen LogP) is 2.77. The highest BCUT2D eigenvalue weighted by atomic mass is 35.5. The van der Waals surface area contributed by atoms with Crippen LogP contribution in [-0.4, -0.2) is 19.1 Å². The zero-order chi connectivity index (χ0) is 13.0. The van der Waals surface area contributed by atoms with Crippen molar-refractivity contribution in [3.63, 3.8) is 0 Å². The monoisotopic (exact) mass is 267 g/mol. The number of benzene rings is 1. The predicted molar refractivity (Wildman–Crippen MR) is 71.5 cm³/mol. The molecule has 0 aromatic heterocycles. The fraction of sp³-hybridized carbons (Fsp3) is 0.500. The lowest BCUT2D eigenvalue weighted by Gasteiger charge is -2.31. The SMILES string of the molecule is CC1(C(=O)OCc2cccc(Cl)c2)CCCNC1. The van der Waals surface area contributed by atoms with E-state index in [0.717, 1.165) is 24.9 Å². The van der Waals surface area contributed by atoms with E-state index in [1.807, 2.05) is 25.1 Å². The highest BCUT2D eigenvalue weighted by molar-refractivity contribution is 6.30. The molecule has 0 aliphatic carbocycles. The summed E-state index contributed by atoms with van der Waals surface area (Å²) in [4.78, 5) is 12.1. The van der Waals surface area contributed by atoms with Crippen molar-refractivity contribution in [3.05, 3.63) is 34.9 Å². The summed E-state index contributed by atoms with van der Waals surface area (Å²) >= 11 is 5.89. The minimum Gasteiger partial charge on any atom is -0.460 e. The molecule has 1 saturated heterocycles. The Morgan fingerprint density at radius 3 is 3.06 bits per heavy atom. The standard InChI is InChI=1S/C14H18ClNO2/c1-14(6-3-7-16-10-14)13(17)18-9-11-4-2-5-12(15)8-11/h2,4-5,8,16H,3,6-7,9-10H2,1H3. The third kappa shape index (κ3) is 3.24. The van der Waals surface area contributed by atoms with Crippen LogP contribution in [0, 0.1) is 5.41 Å². The molecule has 0 saturated carbocycles. The second-order valence-electron chi connectivity index (χ2n) is 5.05. The number of carbonyl (C=O) groups is 1. The normalized spacial score (nSPS) is 23.7. The van der Waals surface area contributed by atoms with Crippen LogP contribution >= 0.6 is 11.6 Å². The van der Waals surface area contributed by atoms with E-state index in [9.17, 15) is 4.79 Å². The molecule has 1 unspecified atom stereocenters. The Morgan fingerprint density at radius 1 is 1.56 bits per heavy atom. The van der Waals surface area contributed by atoms with Crippen LogP contribution in [0.2, 0.25) is 5.02 Å². The largest absolute Gasteiger partial charge is 0.460 e. The van der Waals surface area contributed by atoms with E-state index in [1.54, 1.807) is 6.07 Å². The van der Waals surface area contributed by atoms with Crippen molar-refractivity contribution in [2.75, 3.05) is 13.1 Å². The summed E-state index contributed by atoms with van der Waals surface area (Å²) in [6, 6.07) is 7.38. The maximum Gasteiger partial charge on any atom is 0.313 e. The first-order valence-electron chi connectivity index (χ1n) is 6.23. The Hall–Kier alpha value is -1.06. The molecule has 3 nitrogen and oxygen atoms in total. The van der Waals surface area contributed by atoms with Gasteiger partial charge in [0.15, 0.2) is 0 Å². The fourth-order valence-electron chi connectivity index (χ4n) is 2.18. The average molecular weight is 268 g/mol. The lowest BCUT2D eigenvalue weighted by atomic mass is 9.83. The van der Waals surface area contributed by atoms with E-state index in [-0.39, 0.29) is 12.6 Å². The van der Waals surface area contributed by atoms with Crippen LogP contribution in [-0.2, 0) is 16.1 Å². The lowest BCUT2D eigenvalue weighted by molar-refractivity contribution is -0.157. The maximum atomic E-state index is 12.1. The van der Waals surface area contributed by atoms with Gasteiger partial charge in [0.2, 0.25) is 0 Å². The third-order valence-electron chi connectivity index (χ3n) is 3.35. The van der Waals surface area contributed by atoms with E-state index in [1.165, 1.54) is 0 Å². The van der Waals surface area contributed by atoms with Crippen LogP contribution in [0.15, 0.2) is 24.3 Å². The molecule has 1 aromatic carbocycles. The molecule has 4 heteroatoms. The molecule has 1 atom stereocenters. The molecule has 0 amide bonds. The van der Waals surface area contributed by atoms with Crippen LogP contribution in [0.4, 0.5) is 0 Å². The molecule has 1 fully saturated rings. The van der Waals surface area contributed by atoms with Crippen molar-refractivity contribution in [1.29, 1.82) is 0 Å². The Kier molecular flexibility index (Phi) is 4.25. The lowest BCUT2D eigenvalue weighted by Crippen LogP contribution is -2.44. The first kappa shape index (κ1) is 13.4. The van der Waals surface area contributed by atoms with Crippen molar-refractivity contribution in [3.8, 4) is 0 Å². The van der Waals surface area contributed by atoms with Crippen molar-refractivity contribution in [1.82, 2.24) is 5.32 Å². The Labute approximate surface area is 112 Å². The molecular weight excluding hydrogens is 250 g/mol. The number of hydrogen-bond donors (Lipinski definition) is 1. The highest BCUT2D eigenvalue weighted by Crippen LogP contribution is 2.27. The average Bonchev–Trinajstić information content (AvgIpc) is 2.37. The number of hydrogen-bond acceptors (Lipinski definition) is 3. The molecule has 2 rings (SSSR count). The van der Waals surface area contributed by atoms with Crippen LogP contribution < -0.4 is 5.32 Å². The highest BCUT2D eigenvalue weighted by Gasteiger charge is 2.36. The first-order chi connectivity index (χ1) is 8.60. The van der Waals surface area contributed by atoms with Gasteiger partial charge >= 0.3 is 5.97 Å². The van der Waals surface area contributed by atoms with Gasteiger partial charge in [0, 0.05) is 11.6 Å². The van der Waals surface area contributed by atoms with Gasteiger partial charge < -0.3 is 10.1 Å². The topological polar surface area (TPSA) is 38.3 Å². The minimum absolute atomic E-state index is 0.130. The van der Waals surface area contributed by atoms with E-state index < -0.39 is 5.41 Å². The maximum absolute atomic E-state index is 12.1. The Balaban J connectivity index is 1.91. The summed E-state index contributed by atoms with van der Waals surface area (Å²) in [7, 11) is 0. The van der Waals surface area contributed by atoms with Gasteiger partial charge in [-0.15, -0.1) is 0 Å². The molecule has 0 radical (unpaired) electrons. The number of nitrogens with one attached hydrogen (secondary N) is 1. The van der Waals surface area contributed by atoms with Gasteiger partial charge in [-0.1, -0.05) is 23.7 Å². The van der Waals surface area contributed by atoms with Crippen LogP contribution in [0.25, 0.3) is 0 Å². The molecule has 1 N–H and O–H groups in total. The molecule has 1 aliphatic heterocycles. The van der Waals surface area contributed by atoms with Crippen molar-refractivity contribution >= 4 is 17.6 Å². The summed E-state index contributed by atoms with van der Waals surface area (Å²) in [5.74, 6) is -0.130. The number of carbonyl (C=O) groups excluding carboxylic acids is 1. The molecule has 0 spiro atoms. The molecule has 1 aliphatic rings. The quantitative estimate of drug-likeness (QED) is 0.856.